The van der Waals surface area contributed by atoms with Crippen LogP contribution in [0.3, 0.4) is 0 Å². The van der Waals surface area contributed by atoms with Gasteiger partial charge in [-0.3, -0.25) is 14.8 Å². The van der Waals surface area contributed by atoms with Crippen LogP contribution in [0, 0.1) is 5.82 Å². The lowest BCUT2D eigenvalue weighted by Gasteiger charge is -2.25. The first-order valence-electron chi connectivity index (χ1n) is 8.08. The number of rotatable bonds is 2. The molecule has 1 fully saturated rings. The zero-order chi connectivity index (χ0) is 17.4. The SMILES string of the molecule is O=C(c1cccc2nccnc12)N1C[C@@H](O)C[C@H]1c1ccc(F)cc1. The van der Waals surface area contributed by atoms with E-state index in [9.17, 15) is 14.3 Å². The Morgan fingerprint density at radius 1 is 1.12 bits per heavy atom. The second-order valence-corrected chi connectivity index (χ2v) is 6.14. The molecule has 0 aliphatic carbocycles. The number of β-amino-alcohol motifs (C(OH)–C–C–N with tert-alkyl or cyclic N) is 1. The summed E-state index contributed by atoms with van der Waals surface area (Å²) in [5.41, 5.74) is 2.44. The maximum Gasteiger partial charge on any atom is 0.256 e. The molecule has 0 saturated carbocycles. The van der Waals surface area contributed by atoms with Gasteiger partial charge in [-0.2, -0.15) is 0 Å². The molecule has 2 atom stereocenters. The number of nitrogens with zero attached hydrogens (tertiary/aromatic N) is 3. The fourth-order valence-corrected chi connectivity index (χ4v) is 3.36. The minimum Gasteiger partial charge on any atom is -0.391 e. The number of amides is 1. The largest absolute Gasteiger partial charge is 0.391 e. The van der Waals surface area contributed by atoms with Crippen LogP contribution in [0.4, 0.5) is 4.39 Å². The van der Waals surface area contributed by atoms with E-state index in [2.05, 4.69) is 9.97 Å². The molecule has 1 amide bonds. The summed E-state index contributed by atoms with van der Waals surface area (Å²) >= 11 is 0. The predicted octanol–water partition coefficient (Wildman–Crippen LogP) is 2.72. The molecular weight excluding hydrogens is 321 g/mol. The fourth-order valence-electron chi connectivity index (χ4n) is 3.36. The second kappa shape index (κ2) is 6.22. The third-order valence-electron chi connectivity index (χ3n) is 4.52. The average molecular weight is 337 g/mol. The summed E-state index contributed by atoms with van der Waals surface area (Å²) in [6.45, 7) is 0.234. The maximum absolute atomic E-state index is 13.2. The number of hydrogen-bond acceptors (Lipinski definition) is 4. The number of halogens is 1. The Balaban J connectivity index is 1.73. The molecule has 0 bridgehead atoms. The van der Waals surface area contributed by atoms with Gasteiger partial charge in [-0.05, 0) is 36.2 Å². The highest BCUT2D eigenvalue weighted by atomic mass is 19.1. The van der Waals surface area contributed by atoms with E-state index < -0.39 is 6.10 Å². The first-order valence-corrected chi connectivity index (χ1v) is 8.08. The van der Waals surface area contributed by atoms with Crippen LogP contribution >= 0.6 is 0 Å². The van der Waals surface area contributed by atoms with E-state index in [1.165, 1.54) is 12.1 Å². The number of para-hydroxylation sites is 1. The van der Waals surface area contributed by atoms with Crippen molar-refractivity contribution in [3.63, 3.8) is 0 Å². The predicted molar refractivity (Wildman–Crippen MR) is 90.3 cm³/mol. The quantitative estimate of drug-likeness (QED) is 0.781. The van der Waals surface area contributed by atoms with Crippen molar-refractivity contribution in [3.8, 4) is 0 Å². The van der Waals surface area contributed by atoms with Crippen LogP contribution in [-0.4, -0.2) is 38.5 Å². The normalized spacial score (nSPS) is 20.2. The fraction of sp³-hybridized carbons (Fsp3) is 0.211. The summed E-state index contributed by atoms with van der Waals surface area (Å²) in [5, 5.41) is 10.1. The highest BCUT2D eigenvalue weighted by Gasteiger charge is 2.36. The van der Waals surface area contributed by atoms with Gasteiger partial charge in [-0.25, -0.2) is 4.39 Å². The highest BCUT2D eigenvalue weighted by Crippen LogP contribution is 2.34. The van der Waals surface area contributed by atoms with E-state index in [0.717, 1.165) is 5.56 Å². The van der Waals surface area contributed by atoms with Crippen molar-refractivity contribution in [2.24, 2.45) is 0 Å². The van der Waals surface area contributed by atoms with Crippen LogP contribution < -0.4 is 0 Å². The number of hydrogen-bond donors (Lipinski definition) is 1. The number of carbonyl (C=O) groups excluding carboxylic acids is 1. The third-order valence-corrected chi connectivity index (χ3v) is 4.52. The molecular formula is C19H16FN3O2. The molecule has 1 aromatic heterocycles. The van der Waals surface area contributed by atoms with Gasteiger partial charge in [0.05, 0.1) is 23.2 Å². The summed E-state index contributed by atoms with van der Waals surface area (Å²) in [4.78, 5) is 23.3. The zero-order valence-corrected chi connectivity index (χ0v) is 13.3. The summed E-state index contributed by atoms with van der Waals surface area (Å²) in [5.74, 6) is -0.540. The van der Waals surface area contributed by atoms with Gasteiger partial charge in [0, 0.05) is 18.9 Å². The molecule has 126 valence electrons. The molecule has 3 aromatic rings. The lowest BCUT2D eigenvalue weighted by atomic mass is 10.0. The van der Waals surface area contributed by atoms with Crippen molar-refractivity contribution in [2.45, 2.75) is 18.6 Å². The van der Waals surface area contributed by atoms with E-state index in [1.807, 2.05) is 0 Å². The van der Waals surface area contributed by atoms with Gasteiger partial charge in [-0.1, -0.05) is 18.2 Å². The molecule has 1 saturated heterocycles. The maximum atomic E-state index is 13.2. The van der Waals surface area contributed by atoms with Crippen LogP contribution in [0.5, 0.6) is 0 Å². The van der Waals surface area contributed by atoms with Crippen molar-refractivity contribution >= 4 is 16.9 Å². The molecule has 0 spiro atoms. The summed E-state index contributed by atoms with van der Waals surface area (Å²) in [6.07, 6.45) is 2.95. The number of aromatic nitrogens is 2. The van der Waals surface area contributed by atoms with Crippen molar-refractivity contribution in [3.05, 3.63) is 71.8 Å². The minimum atomic E-state index is -0.611. The monoisotopic (exact) mass is 337 g/mol. The number of aliphatic hydroxyl groups excluding tert-OH is 1. The molecule has 2 heterocycles. The smallest absolute Gasteiger partial charge is 0.256 e. The number of aliphatic hydroxyl groups is 1. The van der Waals surface area contributed by atoms with Crippen molar-refractivity contribution in [2.75, 3.05) is 6.54 Å². The first kappa shape index (κ1) is 15.7. The van der Waals surface area contributed by atoms with E-state index in [0.29, 0.717) is 23.0 Å². The van der Waals surface area contributed by atoms with Crippen LogP contribution in [0.2, 0.25) is 0 Å². The molecule has 6 heteroatoms. The van der Waals surface area contributed by atoms with Gasteiger partial charge >= 0.3 is 0 Å². The highest BCUT2D eigenvalue weighted by molar-refractivity contribution is 6.04. The van der Waals surface area contributed by atoms with Gasteiger partial charge in [0.25, 0.3) is 5.91 Å². The Labute approximate surface area is 143 Å². The Morgan fingerprint density at radius 2 is 1.88 bits per heavy atom. The van der Waals surface area contributed by atoms with Crippen molar-refractivity contribution < 1.29 is 14.3 Å². The molecule has 1 aliphatic rings. The molecule has 5 nitrogen and oxygen atoms in total. The molecule has 25 heavy (non-hydrogen) atoms. The van der Waals surface area contributed by atoms with Gasteiger partial charge in [-0.15, -0.1) is 0 Å². The van der Waals surface area contributed by atoms with Crippen LogP contribution in [0.25, 0.3) is 11.0 Å². The topological polar surface area (TPSA) is 66.3 Å². The van der Waals surface area contributed by atoms with Gasteiger partial charge < -0.3 is 10.0 Å². The minimum absolute atomic E-state index is 0.211. The van der Waals surface area contributed by atoms with Gasteiger partial charge in [0.2, 0.25) is 0 Å². The van der Waals surface area contributed by atoms with E-state index >= 15 is 0 Å². The van der Waals surface area contributed by atoms with Crippen LogP contribution in [0.1, 0.15) is 28.4 Å². The van der Waals surface area contributed by atoms with E-state index in [1.54, 1.807) is 47.6 Å². The average Bonchev–Trinajstić information content (AvgIpc) is 3.03. The lowest BCUT2D eigenvalue weighted by molar-refractivity contribution is 0.0717. The molecule has 4 rings (SSSR count). The number of carbonyl (C=O) groups is 1. The van der Waals surface area contributed by atoms with E-state index in [4.69, 9.17) is 0 Å². The van der Waals surface area contributed by atoms with Gasteiger partial charge in [0.1, 0.15) is 11.3 Å². The molecule has 1 aliphatic heterocycles. The number of fused-ring (bicyclic) bond motifs is 1. The Morgan fingerprint density at radius 3 is 2.68 bits per heavy atom. The summed E-state index contributed by atoms with van der Waals surface area (Å²) < 4.78 is 13.2. The van der Waals surface area contributed by atoms with Crippen molar-refractivity contribution in [1.29, 1.82) is 0 Å². The van der Waals surface area contributed by atoms with E-state index in [-0.39, 0.29) is 24.3 Å². The zero-order valence-electron chi connectivity index (χ0n) is 13.3. The van der Waals surface area contributed by atoms with Gasteiger partial charge in [0.15, 0.2) is 0 Å². The lowest BCUT2D eigenvalue weighted by Crippen LogP contribution is -2.32. The number of likely N-dealkylation sites (tertiary alicyclic amines) is 1. The first-order chi connectivity index (χ1) is 12.1. The standard InChI is InChI=1S/C19H16FN3O2/c20-13-6-4-12(5-7-13)17-10-14(24)11-23(17)19(25)15-2-1-3-16-18(15)22-9-8-21-16/h1-9,14,17,24H,10-11H2/t14-,17-/m0/s1. The summed E-state index contributed by atoms with van der Waals surface area (Å²) in [6, 6.07) is 11.0. The molecule has 0 radical (unpaired) electrons. The Hall–Kier alpha value is -2.86. The Bertz CT molecular complexity index is 924. The van der Waals surface area contributed by atoms with Crippen molar-refractivity contribution in [1.82, 2.24) is 14.9 Å². The molecule has 1 N–H and O–H groups in total. The van der Waals surface area contributed by atoms with Crippen LogP contribution in [0.15, 0.2) is 54.9 Å². The van der Waals surface area contributed by atoms with Crippen LogP contribution in [-0.2, 0) is 0 Å². The molecule has 2 aromatic carbocycles. The second-order valence-electron chi connectivity index (χ2n) is 6.14. The summed E-state index contributed by atoms with van der Waals surface area (Å²) in [7, 11) is 0. The third kappa shape index (κ3) is 2.85. The molecule has 0 unspecified atom stereocenters. The number of benzene rings is 2. The Kier molecular flexibility index (Phi) is 3.89.